The zero-order valence-electron chi connectivity index (χ0n) is 10.2. The summed E-state index contributed by atoms with van der Waals surface area (Å²) in [6, 6.07) is 2.60. The highest BCUT2D eigenvalue weighted by atomic mass is 16.6. The highest BCUT2D eigenvalue weighted by Gasteiger charge is 2.15. The van der Waals surface area contributed by atoms with E-state index in [2.05, 4.69) is 10.3 Å². The number of carbonyl (C=O) groups is 1. The molecular weight excluding hydrogens is 238 g/mol. The Bertz CT molecular complexity index is 462. The Morgan fingerprint density at radius 3 is 2.72 bits per heavy atom. The van der Waals surface area contributed by atoms with E-state index in [1.807, 2.05) is 6.92 Å². The Morgan fingerprint density at radius 2 is 2.28 bits per heavy atom. The van der Waals surface area contributed by atoms with E-state index in [0.29, 0.717) is 17.9 Å². The van der Waals surface area contributed by atoms with Gasteiger partial charge < -0.3 is 10.4 Å². The predicted molar refractivity (Wildman–Crippen MR) is 65.6 cm³/mol. The zero-order valence-corrected chi connectivity index (χ0v) is 10.2. The number of carboxylic acids is 1. The molecule has 1 aromatic heterocycles. The molecule has 0 aliphatic heterocycles. The second-order valence-electron chi connectivity index (χ2n) is 3.91. The number of pyridine rings is 1. The maximum atomic E-state index is 10.6. The van der Waals surface area contributed by atoms with Crippen LogP contribution in [-0.4, -0.2) is 27.0 Å². The number of hydrogen-bond donors (Lipinski definition) is 2. The minimum absolute atomic E-state index is 0.0196. The fourth-order valence-electron chi connectivity index (χ4n) is 1.54. The number of carboxylic acid groups (broad SMARTS) is 1. The van der Waals surface area contributed by atoms with Crippen LogP contribution in [0.25, 0.3) is 0 Å². The van der Waals surface area contributed by atoms with Crippen LogP contribution in [0, 0.1) is 17.0 Å². The summed E-state index contributed by atoms with van der Waals surface area (Å²) in [6.45, 7) is 3.40. The van der Waals surface area contributed by atoms with Crippen LogP contribution in [0.1, 0.15) is 25.5 Å². The summed E-state index contributed by atoms with van der Waals surface area (Å²) in [5.41, 5.74) is 0.252. The molecular formula is C11H15N3O4. The quantitative estimate of drug-likeness (QED) is 0.593. The molecule has 0 amide bonds. The molecule has 0 aromatic carbocycles. The second kappa shape index (κ2) is 5.95. The van der Waals surface area contributed by atoms with E-state index in [1.54, 1.807) is 6.92 Å². The van der Waals surface area contributed by atoms with Crippen LogP contribution in [0.5, 0.6) is 0 Å². The second-order valence-corrected chi connectivity index (χ2v) is 3.91. The van der Waals surface area contributed by atoms with Crippen LogP contribution in [0.3, 0.4) is 0 Å². The summed E-state index contributed by atoms with van der Waals surface area (Å²) < 4.78 is 0. The fraction of sp³-hybridized carbons (Fsp3) is 0.455. The van der Waals surface area contributed by atoms with Crippen LogP contribution < -0.4 is 5.32 Å². The third-order valence-electron chi connectivity index (χ3n) is 2.52. The van der Waals surface area contributed by atoms with Gasteiger partial charge in [-0.2, -0.15) is 0 Å². The van der Waals surface area contributed by atoms with Crippen molar-refractivity contribution in [3.8, 4) is 0 Å². The molecule has 0 saturated carbocycles. The van der Waals surface area contributed by atoms with Crippen molar-refractivity contribution in [2.75, 3.05) is 5.32 Å². The lowest BCUT2D eigenvalue weighted by Gasteiger charge is -2.15. The van der Waals surface area contributed by atoms with Crippen molar-refractivity contribution in [3.63, 3.8) is 0 Å². The average Bonchev–Trinajstić information content (AvgIpc) is 2.27. The molecule has 7 heteroatoms. The number of nitrogens with one attached hydrogen (secondary N) is 1. The van der Waals surface area contributed by atoms with E-state index in [4.69, 9.17) is 5.11 Å². The topological polar surface area (TPSA) is 105 Å². The van der Waals surface area contributed by atoms with Crippen LogP contribution >= 0.6 is 0 Å². The summed E-state index contributed by atoms with van der Waals surface area (Å²) in [5.74, 6) is -0.445. The Hall–Kier alpha value is -2.18. The number of nitro groups is 1. The number of rotatable bonds is 6. The van der Waals surface area contributed by atoms with Gasteiger partial charge in [0.15, 0.2) is 0 Å². The summed E-state index contributed by atoms with van der Waals surface area (Å²) in [7, 11) is 0. The largest absolute Gasteiger partial charge is 0.481 e. The van der Waals surface area contributed by atoms with E-state index >= 15 is 0 Å². The van der Waals surface area contributed by atoms with Gasteiger partial charge in [-0.25, -0.2) is 4.98 Å². The number of hydrogen-bond acceptors (Lipinski definition) is 5. The molecule has 18 heavy (non-hydrogen) atoms. The van der Waals surface area contributed by atoms with Gasteiger partial charge >= 0.3 is 5.97 Å². The van der Waals surface area contributed by atoms with Gasteiger partial charge in [0.05, 0.1) is 11.3 Å². The molecule has 0 radical (unpaired) electrons. The summed E-state index contributed by atoms with van der Waals surface area (Å²) >= 11 is 0. The van der Waals surface area contributed by atoms with Crippen molar-refractivity contribution < 1.29 is 14.8 Å². The predicted octanol–water partition coefficient (Wildman–Crippen LogP) is 1.96. The number of aliphatic carboxylic acids is 1. The van der Waals surface area contributed by atoms with E-state index in [0.717, 1.165) is 0 Å². The summed E-state index contributed by atoms with van der Waals surface area (Å²) in [4.78, 5) is 24.8. The van der Waals surface area contributed by atoms with Gasteiger partial charge in [0, 0.05) is 12.1 Å². The number of aromatic nitrogens is 1. The van der Waals surface area contributed by atoms with Gasteiger partial charge in [-0.3, -0.25) is 14.9 Å². The monoisotopic (exact) mass is 253 g/mol. The van der Waals surface area contributed by atoms with Crippen molar-refractivity contribution in [1.82, 2.24) is 4.98 Å². The molecule has 1 atom stereocenters. The number of anilines is 1. The highest BCUT2D eigenvalue weighted by molar-refractivity contribution is 5.68. The SMILES string of the molecule is CCC(CC(=O)O)Nc1ccc([N+](=O)[O-])c(C)n1. The minimum atomic E-state index is -0.895. The van der Waals surface area contributed by atoms with Gasteiger partial charge in [-0.15, -0.1) is 0 Å². The first-order chi connectivity index (χ1) is 8.43. The maximum Gasteiger partial charge on any atom is 0.305 e. The van der Waals surface area contributed by atoms with Gasteiger partial charge in [0.1, 0.15) is 11.5 Å². The molecule has 0 spiro atoms. The molecule has 2 N–H and O–H groups in total. The van der Waals surface area contributed by atoms with Crippen molar-refractivity contribution in [2.24, 2.45) is 0 Å². The van der Waals surface area contributed by atoms with Crippen LogP contribution in [0.2, 0.25) is 0 Å². The molecule has 1 heterocycles. The number of nitrogens with zero attached hydrogens (tertiary/aromatic N) is 2. The first-order valence-electron chi connectivity index (χ1n) is 5.54. The normalized spacial score (nSPS) is 11.9. The molecule has 0 aliphatic rings. The first-order valence-corrected chi connectivity index (χ1v) is 5.54. The number of aryl methyl sites for hydroxylation is 1. The molecule has 0 fully saturated rings. The van der Waals surface area contributed by atoms with Gasteiger partial charge in [0.2, 0.25) is 0 Å². The molecule has 7 nitrogen and oxygen atoms in total. The molecule has 98 valence electrons. The third kappa shape index (κ3) is 3.69. The Kier molecular flexibility index (Phi) is 4.59. The molecule has 0 saturated heterocycles. The van der Waals surface area contributed by atoms with Gasteiger partial charge in [0.25, 0.3) is 5.69 Å². The Morgan fingerprint density at radius 1 is 1.61 bits per heavy atom. The van der Waals surface area contributed by atoms with Crippen molar-refractivity contribution in [1.29, 1.82) is 0 Å². The summed E-state index contributed by atoms with van der Waals surface area (Å²) in [5, 5.41) is 22.3. The molecule has 0 bridgehead atoms. The molecule has 1 rings (SSSR count). The average molecular weight is 253 g/mol. The zero-order chi connectivity index (χ0) is 13.7. The first kappa shape index (κ1) is 13.9. The standard InChI is InChI=1S/C11H15N3O4/c1-3-8(6-11(15)16)13-10-5-4-9(14(17)18)7(2)12-10/h4-5,8H,3,6H2,1-2H3,(H,12,13)(H,15,16). The molecule has 1 unspecified atom stereocenters. The van der Waals surface area contributed by atoms with Crippen LogP contribution in [-0.2, 0) is 4.79 Å². The minimum Gasteiger partial charge on any atom is -0.481 e. The highest BCUT2D eigenvalue weighted by Crippen LogP contribution is 2.19. The summed E-state index contributed by atoms with van der Waals surface area (Å²) in [6.07, 6.45) is 0.609. The van der Waals surface area contributed by atoms with Crippen LogP contribution in [0.4, 0.5) is 11.5 Å². The van der Waals surface area contributed by atoms with Gasteiger partial charge in [-0.05, 0) is 19.4 Å². The maximum absolute atomic E-state index is 10.6. The lowest BCUT2D eigenvalue weighted by molar-refractivity contribution is -0.385. The Balaban J connectivity index is 2.81. The fourth-order valence-corrected chi connectivity index (χ4v) is 1.54. The van der Waals surface area contributed by atoms with Crippen molar-refractivity contribution >= 4 is 17.5 Å². The van der Waals surface area contributed by atoms with Crippen LogP contribution in [0.15, 0.2) is 12.1 Å². The third-order valence-corrected chi connectivity index (χ3v) is 2.52. The smallest absolute Gasteiger partial charge is 0.305 e. The van der Waals surface area contributed by atoms with E-state index in [-0.39, 0.29) is 18.2 Å². The van der Waals surface area contributed by atoms with E-state index < -0.39 is 10.9 Å². The van der Waals surface area contributed by atoms with Crippen molar-refractivity contribution in [3.05, 3.63) is 27.9 Å². The van der Waals surface area contributed by atoms with Gasteiger partial charge in [-0.1, -0.05) is 6.92 Å². The lowest BCUT2D eigenvalue weighted by atomic mass is 10.1. The Labute approximate surface area is 104 Å². The molecule has 0 aliphatic carbocycles. The van der Waals surface area contributed by atoms with E-state index in [1.165, 1.54) is 12.1 Å². The van der Waals surface area contributed by atoms with Crippen molar-refractivity contribution in [2.45, 2.75) is 32.7 Å². The molecule has 1 aromatic rings. The lowest BCUT2D eigenvalue weighted by Crippen LogP contribution is -2.22. The van der Waals surface area contributed by atoms with E-state index in [9.17, 15) is 14.9 Å².